The maximum atomic E-state index is 13.6. The molecule has 4 amide bonds. The largest absolute Gasteiger partial charge is 0.457 e. The molecule has 0 N–H and O–H groups in total. The molecule has 8 heteroatoms. The number of aryl methyl sites for hydroxylation is 1. The number of anilines is 1. The molecule has 6 aromatic carbocycles. The Kier molecular flexibility index (Phi) is 8.03. The van der Waals surface area contributed by atoms with E-state index in [1.165, 1.54) is 12.6 Å². The molecule has 0 spiro atoms. The highest BCUT2D eigenvalue weighted by Gasteiger charge is 2.37. The van der Waals surface area contributed by atoms with E-state index in [1.54, 1.807) is 60.7 Å². The van der Waals surface area contributed by atoms with Gasteiger partial charge >= 0.3 is 0 Å². The van der Waals surface area contributed by atoms with Gasteiger partial charge < -0.3 is 9.47 Å². The first-order valence-electron chi connectivity index (χ1n) is 17.2. The van der Waals surface area contributed by atoms with E-state index in [-0.39, 0.29) is 22.8 Å². The average molecular weight is 699 g/mol. The van der Waals surface area contributed by atoms with Gasteiger partial charge in [-0.1, -0.05) is 67.9 Å². The van der Waals surface area contributed by atoms with Crippen molar-refractivity contribution in [2.45, 2.75) is 26.2 Å². The van der Waals surface area contributed by atoms with Gasteiger partial charge in [0.05, 0.1) is 27.9 Å². The monoisotopic (exact) mass is 698 g/mol. The van der Waals surface area contributed by atoms with Crippen LogP contribution in [-0.2, 0) is 5.41 Å². The van der Waals surface area contributed by atoms with Gasteiger partial charge in [-0.15, -0.1) is 0 Å². The number of benzene rings is 6. The normalized spacial score (nSPS) is 13.7. The minimum atomic E-state index is -0.445. The van der Waals surface area contributed by atoms with E-state index in [4.69, 9.17) is 9.47 Å². The molecule has 2 aliphatic rings. The second-order valence-corrected chi connectivity index (χ2v) is 13.8. The summed E-state index contributed by atoms with van der Waals surface area (Å²) in [7, 11) is 1.45. The Balaban J connectivity index is 0.935. The maximum Gasteiger partial charge on any atom is 0.266 e. The van der Waals surface area contributed by atoms with Gasteiger partial charge in [-0.2, -0.15) is 0 Å². The molecule has 0 unspecified atom stereocenters. The summed E-state index contributed by atoms with van der Waals surface area (Å²) in [6.45, 7) is 6.40. The van der Waals surface area contributed by atoms with Crippen molar-refractivity contribution in [1.29, 1.82) is 0 Å². The summed E-state index contributed by atoms with van der Waals surface area (Å²) in [5.41, 5.74) is 6.13. The lowest BCUT2D eigenvalue weighted by Crippen LogP contribution is -2.29. The molecule has 53 heavy (non-hydrogen) atoms. The van der Waals surface area contributed by atoms with Crippen LogP contribution in [0.2, 0.25) is 0 Å². The number of rotatable bonds is 8. The molecule has 0 radical (unpaired) electrons. The van der Waals surface area contributed by atoms with Crippen LogP contribution in [0.25, 0.3) is 11.1 Å². The van der Waals surface area contributed by atoms with Crippen LogP contribution in [-0.4, -0.2) is 35.6 Å². The number of imide groups is 2. The lowest BCUT2D eigenvalue weighted by atomic mass is 9.78. The average Bonchev–Trinajstić information content (AvgIpc) is 3.55. The third kappa shape index (κ3) is 5.94. The summed E-state index contributed by atoms with van der Waals surface area (Å²) < 4.78 is 12.1. The first kappa shape index (κ1) is 33.3. The fraction of sp³-hybridized carbons (Fsp3) is 0.111. The van der Waals surface area contributed by atoms with Gasteiger partial charge in [-0.3, -0.25) is 24.1 Å². The summed E-state index contributed by atoms with van der Waals surface area (Å²) >= 11 is 0. The zero-order valence-corrected chi connectivity index (χ0v) is 29.5. The molecule has 0 atom stereocenters. The van der Waals surface area contributed by atoms with Crippen molar-refractivity contribution in [3.05, 3.63) is 172 Å². The van der Waals surface area contributed by atoms with Gasteiger partial charge in [0.25, 0.3) is 23.6 Å². The van der Waals surface area contributed by atoms with Crippen molar-refractivity contribution in [2.75, 3.05) is 11.9 Å². The summed E-state index contributed by atoms with van der Waals surface area (Å²) in [5, 5.41) is 0. The second kappa shape index (κ2) is 12.8. The smallest absolute Gasteiger partial charge is 0.266 e. The molecule has 0 fully saturated rings. The summed E-state index contributed by atoms with van der Waals surface area (Å²) in [6, 6.07) is 40.9. The van der Waals surface area contributed by atoms with Gasteiger partial charge in [0.15, 0.2) is 0 Å². The summed E-state index contributed by atoms with van der Waals surface area (Å²) in [5.74, 6) is 1.19. The van der Waals surface area contributed by atoms with Crippen molar-refractivity contribution in [3.8, 4) is 34.1 Å². The molecule has 2 aliphatic heterocycles. The van der Waals surface area contributed by atoms with E-state index in [9.17, 15) is 19.2 Å². The SMILES string of the molecule is Cc1ccc(Oc2ccc(C(C)(C)c3ccc(Oc4ccc(N5C(=O)c6ccc(-c7ccc8c(c7)C(=O)N(C)C8=O)cc6C5=O)cc4)cc3)cc2)cc1. The Bertz CT molecular complexity index is 2450. The number of hydrogen-bond donors (Lipinski definition) is 0. The Hall–Kier alpha value is -6.80. The van der Waals surface area contributed by atoms with Gasteiger partial charge in [0.2, 0.25) is 0 Å². The number of ether oxygens (including phenoxy) is 2. The van der Waals surface area contributed by atoms with E-state index in [1.807, 2.05) is 67.6 Å². The lowest BCUT2D eigenvalue weighted by molar-refractivity contribution is 0.0692. The fourth-order valence-corrected chi connectivity index (χ4v) is 6.78. The minimum absolute atomic E-state index is 0.266. The molecule has 6 aromatic rings. The van der Waals surface area contributed by atoms with Crippen LogP contribution < -0.4 is 14.4 Å². The summed E-state index contributed by atoms with van der Waals surface area (Å²) in [6.07, 6.45) is 0. The minimum Gasteiger partial charge on any atom is -0.457 e. The topological polar surface area (TPSA) is 93.2 Å². The molecular formula is C45H34N2O6. The molecule has 8 rings (SSSR count). The van der Waals surface area contributed by atoms with Crippen LogP contribution in [0, 0.1) is 6.92 Å². The number of carbonyl (C=O) groups excluding carboxylic acids is 4. The van der Waals surface area contributed by atoms with Crippen LogP contribution in [0.4, 0.5) is 5.69 Å². The van der Waals surface area contributed by atoms with E-state index in [0.717, 1.165) is 32.4 Å². The number of amides is 4. The first-order chi connectivity index (χ1) is 25.5. The predicted octanol–water partition coefficient (Wildman–Crippen LogP) is 9.60. The van der Waals surface area contributed by atoms with Gasteiger partial charge in [0.1, 0.15) is 23.0 Å². The zero-order valence-electron chi connectivity index (χ0n) is 29.5. The Morgan fingerprint density at radius 1 is 0.453 bits per heavy atom. The Morgan fingerprint density at radius 3 is 1.32 bits per heavy atom. The number of fused-ring (bicyclic) bond motifs is 2. The van der Waals surface area contributed by atoms with E-state index in [2.05, 4.69) is 26.0 Å². The zero-order chi connectivity index (χ0) is 37.0. The van der Waals surface area contributed by atoms with E-state index in [0.29, 0.717) is 45.0 Å². The summed E-state index contributed by atoms with van der Waals surface area (Å²) in [4.78, 5) is 54.1. The van der Waals surface area contributed by atoms with Crippen molar-refractivity contribution in [1.82, 2.24) is 4.90 Å². The highest BCUT2D eigenvalue weighted by molar-refractivity contribution is 6.34. The Morgan fingerprint density at radius 2 is 0.830 bits per heavy atom. The molecule has 0 aromatic heterocycles. The molecular weight excluding hydrogens is 665 g/mol. The highest BCUT2D eigenvalue weighted by atomic mass is 16.5. The van der Waals surface area contributed by atoms with Crippen molar-refractivity contribution in [2.24, 2.45) is 0 Å². The quantitative estimate of drug-likeness (QED) is 0.147. The van der Waals surface area contributed by atoms with Crippen LogP contribution in [0.3, 0.4) is 0 Å². The van der Waals surface area contributed by atoms with Crippen LogP contribution in [0.15, 0.2) is 133 Å². The first-order valence-corrected chi connectivity index (χ1v) is 17.2. The molecule has 2 heterocycles. The standard InChI is InChI=1S/C45H34N2O6/c1-27-5-15-33(16-6-27)52-34-17-9-30(10-18-34)45(2,3)31-11-19-35(20-12-31)53-36-21-13-32(14-22-36)47-43(50)38-24-8-29(26-40(38)44(47)51)28-7-23-37-39(25-28)42(49)46(4)41(37)48/h5-26H,1-4H3. The van der Waals surface area contributed by atoms with Gasteiger partial charge in [0, 0.05) is 12.5 Å². The lowest BCUT2D eigenvalue weighted by Gasteiger charge is -2.26. The third-order valence-electron chi connectivity index (χ3n) is 10.0. The highest BCUT2D eigenvalue weighted by Crippen LogP contribution is 2.37. The molecule has 8 nitrogen and oxygen atoms in total. The van der Waals surface area contributed by atoms with Crippen LogP contribution >= 0.6 is 0 Å². The van der Waals surface area contributed by atoms with Gasteiger partial charge in [-0.25, -0.2) is 4.90 Å². The van der Waals surface area contributed by atoms with Crippen LogP contribution in [0.5, 0.6) is 23.0 Å². The van der Waals surface area contributed by atoms with Gasteiger partial charge in [-0.05, 0) is 114 Å². The van der Waals surface area contributed by atoms with Crippen LogP contribution in [0.1, 0.15) is 72.0 Å². The number of hydrogen-bond acceptors (Lipinski definition) is 6. The molecule has 0 saturated carbocycles. The number of nitrogens with zero attached hydrogens (tertiary/aromatic N) is 2. The number of carbonyl (C=O) groups is 4. The Labute approximate surface area is 306 Å². The third-order valence-corrected chi connectivity index (χ3v) is 10.0. The van der Waals surface area contributed by atoms with E-state index >= 15 is 0 Å². The second-order valence-electron chi connectivity index (χ2n) is 13.8. The predicted molar refractivity (Wildman–Crippen MR) is 202 cm³/mol. The van der Waals surface area contributed by atoms with Crippen molar-refractivity contribution in [3.63, 3.8) is 0 Å². The van der Waals surface area contributed by atoms with E-state index < -0.39 is 11.8 Å². The molecule has 260 valence electrons. The van der Waals surface area contributed by atoms with Crippen molar-refractivity contribution < 1.29 is 28.7 Å². The van der Waals surface area contributed by atoms with Crippen molar-refractivity contribution >= 4 is 29.3 Å². The maximum absolute atomic E-state index is 13.6. The molecule has 0 saturated heterocycles. The molecule has 0 aliphatic carbocycles. The fourth-order valence-electron chi connectivity index (χ4n) is 6.78. The molecule has 0 bridgehead atoms.